The van der Waals surface area contributed by atoms with E-state index in [1.165, 1.54) is 12.1 Å². The molecule has 0 aliphatic heterocycles. The molecule has 1 unspecified atom stereocenters. The molecule has 1 rings (SSSR count). The highest BCUT2D eigenvalue weighted by atomic mass is 79.9. The number of nitrogens with one attached hydrogen (secondary N) is 1. The Balaban J connectivity index is 2.80. The average molecular weight is 381 g/mol. The third kappa shape index (κ3) is 4.35. The molecule has 5 heteroatoms. The number of amides is 1. The molecule has 0 saturated carbocycles. The highest BCUT2D eigenvalue weighted by Gasteiger charge is 2.18. The summed E-state index contributed by atoms with van der Waals surface area (Å²) >= 11 is 6.52. The molecule has 2 nitrogen and oxygen atoms in total. The van der Waals surface area contributed by atoms with Crippen molar-refractivity contribution in [2.24, 2.45) is 5.92 Å². The summed E-state index contributed by atoms with van der Waals surface area (Å²) < 4.78 is 14.3. The maximum Gasteiger partial charge on any atom is 0.254 e. The monoisotopic (exact) mass is 379 g/mol. The van der Waals surface area contributed by atoms with Crippen molar-refractivity contribution in [2.45, 2.75) is 26.3 Å². The first-order chi connectivity index (χ1) is 8.45. The van der Waals surface area contributed by atoms with Crippen LogP contribution < -0.4 is 5.32 Å². The van der Waals surface area contributed by atoms with Gasteiger partial charge in [0.05, 0.1) is 5.56 Å². The van der Waals surface area contributed by atoms with Crippen molar-refractivity contribution in [3.8, 4) is 0 Å². The van der Waals surface area contributed by atoms with E-state index >= 15 is 0 Å². The summed E-state index contributed by atoms with van der Waals surface area (Å²) in [5.41, 5.74) is 0.0819. The van der Waals surface area contributed by atoms with E-state index in [0.717, 1.165) is 11.8 Å². The Hall–Kier alpha value is -0.420. The van der Waals surface area contributed by atoms with E-state index in [0.29, 0.717) is 10.4 Å². The molecule has 18 heavy (non-hydrogen) atoms. The highest BCUT2D eigenvalue weighted by molar-refractivity contribution is 9.10. The molecule has 1 N–H and O–H groups in total. The number of carbonyl (C=O) groups is 1. The molecule has 100 valence electrons. The first-order valence-corrected chi connectivity index (χ1v) is 7.69. The van der Waals surface area contributed by atoms with Crippen molar-refractivity contribution >= 4 is 37.8 Å². The number of carbonyl (C=O) groups excluding carboxylic acids is 1. The van der Waals surface area contributed by atoms with Crippen LogP contribution in [0.25, 0.3) is 0 Å². The van der Waals surface area contributed by atoms with Crippen LogP contribution in [0.1, 0.15) is 30.6 Å². The normalized spacial score (nSPS) is 12.6. The lowest BCUT2D eigenvalue weighted by atomic mass is 10.0. The first kappa shape index (κ1) is 15.6. The van der Waals surface area contributed by atoms with Gasteiger partial charge in [-0.2, -0.15) is 0 Å². The zero-order chi connectivity index (χ0) is 13.7. The van der Waals surface area contributed by atoms with Crippen LogP contribution in [0.4, 0.5) is 4.39 Å². The van der Waals surface area contributed by atoms with Crippen molar-refractivity contribution in [3.63, 3.8) is 0 Å². The van der Waals surface area contributed by atoms with Gasteiger partial charge in [-0.3, -0.25) is 4.79 Å². The van der Waals surface area contributed by atoms with Gasteiger partial charge in [-0.25, -0.2) is 4.39 Å². The van der Waals surface area contributed by atoms with E-state index in [-0.39, 0.29) is 17.5 Å². The van der Waals surface area contributed by atoms with Crippen LogP contribution in [0.3, 0.4) is 0 Å². The third-order valence-corrected chi connectivity index (χ3v) is 3.67. The molecule has 1 aromatic carbocycles. The zero-order valence-corrected chi connectivity index (χ0v) is 13.5. The van der Waals surface area contributed by atoms with Crippen molar-refractivity contribution in [1.82, 2.24) is 5.32 Å². The first-order valence-electron chi connectivity index (χ1n) is 5.77. The predicted molar refractivity (Wildman–Crippen MR) is 78.6 cm³/mol. The van der Waals surface area contributed by atoms with E-state index in [4.69, 9.17) is 0 Å². The van der Waals surface area contributed by atoms with Crippen molar-refractivity contribution in [2.75, 3.05) is 5.33 Å². The maximum atomic E-state index is 13.6. The summed E-state index contributed by atoms with van der Waals surface area (Å²) in [5, 5.41) is 3.67. The topological polar surface area (TPSA) is 29.1 Å². The quantitative estimate of drug-likeness (QED) is 0.764. The van der Waals surface area contributed by atoms with Gasteiger partial charge in [0.15, 0.2) is 0 Å². The maximum absolute atomic E-state index is 13.6. The van der Waals surface area contributed by atoms with E-state index in [9.17, 15) is 9.18 Å². The lowest BCUT2D eigenvalue weighted by molar-refractivity contribution is 0.0921. The lowest BCUT2D eigenvalue weighted by Gasteiger charge is -2.21. The summed E-state index contributed by atoms with van der Waals surface area (Å²) in [7, 11) is 0. The van der Waals surface area contributed by atoms with Gasteiger partial charge in [-0.05, 0) is 30.5 Å². The van der Waals surface area contributed by atoms with E-state index in [1.54, 1.807) is 6.07 Å². The van der Waals surface area contributed by atoms with Gasteiger partial charge >= 0.3 is 0 Å². The number of rotatable bonds is 5. The molecule has 1 aromatic rings. The summed E-state index contributed by atoms with van der Waals surface area (Å²) in [6, 6.07) is 4.48. The number of hydrogen-bond donors (Lipinski definition) is 1. The fraction of sp³-hybridized carbons (Fsp3) is 0.462. The lowest BCUT2D eigenvalue weighted by Crippen LogP contribution is -2.39. The fourth-order valence-corrected chi connectivity index (χ4v) is 2.44. The van der Waals surface area contributed by atoms with Crippen LogP contribution in [-0.4, -0.2) is 17.3 Å². The Morgan fingerprint density at radius 3 is 2.61 bits per heavy atom. The highest BCUT2D eigenvalue weighted by Crippen LogP contribution is 2.16. The minimum atomic E-state index is -0.511. The molecule has 0 saturated heterocycles. The molecule has 0 heterocycles. The molecular weight excluding hydrogens is 365 g/mol. The fourth-order valence-electron chi connectivity index (χ4n) is 1.61. The molecular formula is C13H16Br2FNO. The molecule has 0 radical (unpaired) electrons. The van der Waals surface area contributed by atoms with Crippen LogP contribution in [0.2, 0.25) is 0 Å². The molecule has 1 atom stereocenters. The summed E-state index contributed by atoms with van der Waals surface area (Å²) in [5.74, 6) is -0.562. The second kappa shape index (κ2) is 7.24. The molecule has 0 aliphatic carbocycles. The Labute approximate surface area is 124 Å². The van der Waals surface area contributed by atoms with Gasteiger partial charge < -0.3 is 5.32 Å². The van der Waals surface area contributed by atoms with Crippen LogP contribution in [0, 0.1) is 11.7 Å². The average Bonchev–Trinajstić information content (AvgIpc) is 2.27. The second-order valence-electron chi connectivity index (χ2n) is 4.43. The molecule has 0 aliphatic rings. The number of benzene rings is 1. The second-order valence-corrected chi connectivity index (χ2v) is 6.13. The van der Waals surface area contributed by atoms with Gasteiger partial charge in [0.1, 0.15) is 5.82 Å². The van der Waals surface area contributed by atoms with Crippen LogP contribution in [0.15, 0.2) is 22.7 Å². The van der Waals surface area contributed by atoms with Crippen molar-refractivity contribution in [3.05, 3.63) is 34.1 Å². The summed E-state index contributed by atoms with van der Waals surface area (Å²) in [6.45, 7) is 4.07. The van der Waals surface area contributed by atoms with Crippen LogP contribution >= 0.6 is 31.9 Å². The Morgan fingerprint density at radius 1 is 1.44 bits per heavy atom. The predicted octanol–water partition coefficient (Wildman–Crippen LogP) is 4.13. The van der Waals surface area contributed by atoms with Crippen molar-refractivity contribution in [1.29, 1.82) is 0 Å². The number of hydrogen-bond acceptors (Lipinski definition) is 1. The van der Waals surface area contributed by atoms with Crippen molar-refractivity contribution < 1.29 is 9.18 Å². The van der Waals surface area contributed by atoms with E-state index < -0.39 is 5.82 Å². The van der Waals surface area contributed by atoms with Crippen LogP contribution in [-0.2, 0) is 0 Å². The van der Waals surface area contributed by atoms with E-state index in [1.807, 2.05) is 13.8 Å². The van der Waals surface area contributed by atoms with Gasteiger partial charge in [0, 0.05) is 15.8 Å². The summed E-state index contributed by atoms with van der Waals surface area (Å²) in [4.78, 5) is 12.0. The minimum Gasteiger partial charge on any atom is -0.349 e. The SMILES string of the molecule is CC(C)C(CCBr)NC(=O)c1ccc(Br)cc1F. The molecule has 0 fully saturated rings. The van der Waals surface area contributed by atoms with Gasteiger partial charge in [-0.1, -0.05) is 45.7 Å². The molecule has 0 spiro atoms. The largest absolute Gasteiger partial charge is 0.349 e. The molecule has 0 bridgehead atoms. The molecule has 0 aromatic heterocycles. The standard InChI is InChI=1S/C13H16Br2FNO/c1-8(2)12(5-6-14)17-13(18)10-4-3-9(15)7-11(10)16/h3-4,7-8,12H,5-6H2,1-2H3,(H,17,18). The number of halogens is 3. The third-order valence-electron chi connectivity index (χ3n) is 2.72. The summed E-state index contributed by atoms with van der Waals surface area (Å²) in [6.07, 6.45) is 0.821. The number of alkyl halides is 1. The van der Waals surface area contributed by atoms with Gasteiger partial charge in [-0.15, -0.1) is 0 Å². The zero-order valence-electron chi connectivity index (χ0n) is 10.3. The van der Waals surface area contributed by atoms with Crippen LogP contribution in [0.5, 0.6) is 0 Å². The Bertz CT molecular complexity index is 423. The smallest absolute Gasteiger partial charge is 0.254 e. The van der Waals surface area contributed by atoms with Gasteiger partial charge in [0.2, 0.25) is 0 Å². The minimum absolute atomic E-state index is 0.0416. The van der Waals surface area contributed by atoms with E-state index in [2.05, 4.69) is 37.2 Å². The van der Waals surface area contributed by atoms with Gasteiger partial charge in [0.25, 0.3) is 5.91 Å². The molecule has 1 amide bonds. The Kier molecular flexibility index (Phi) is 6.29. The Morgan fingerprint density at radius 2 is 2.11 bits per heavy atom.